The molecule has 6 atom stereocenters. The van der Waals surface area contributed by atoms with Crippen molar-refractivity contribution in [1.29, 1.82) is 0 Å². The SMILES string of the molecule is CCCC(N)C(=O)NC1OC(CO)C(O)C(O)C1O. The van der Waals surface area contributed by atoms with Crippen molar-refractivity contribution in [3.05, 3.63) is 0 Å². The van der Waals surface area contributed by atoms with E-state index in [1.165, 1.54) is 0 Å². The molecule has 0 radical (unpaired) electrons. The van der Waals surface area contributed by atoms with E-state index < -0.39 is 49.2 Å². The Balaban J connectivity index is 2.64. The van der Waals surface area contributed by atoms with Gasteiger partial charge in [0.15, 0.2) is 6.23 Å². The van der Waals surface area contributed by atoms with Gasteiger partial charge in [-0.05, 0) is 6.42 Å². The van der Waals surface area contributed by atoms with Gasteiger partial charge in [0.05, 0.1) is 12.6 Å². The number of aliphatic hydroxyl groups is 4. The Morgan fingerprint density at radius 1 is 1.32 bits per heavy atom. The second-order valence-electron chi connectivity index (χ2n) is 4.65. The van der Waals surface area contributed by atoms with Crippen LogP contribution >= 0.6 is 0 Å². The highest BCUT2D eigenvalue weighted by Crippen LogP contribution is 2.19. The van der Waals surface area contributed by atoms with Crippen LogP contribution in [0.3, 0.4) is 0 Å². The van der Waals surface area contributed by atoms with Crippen LogP contribution < -0.4 is 11.1 Å². The zero-order valence-electron chi connectivity index (χ0n) is 10.8. The van der Waals surface area contributed by atoms with Crippen LogP contribution in [0.15, 0.2) is 0 Å². The van der Waals surface area contributed by atoms with Crippen LogP contribution in [0.1, 0.15) is 19.8 Å². The van der Waals surface area contributed by atoms with Crippen molar-refractivity contribution >= 4 is 5.91 Å². The molecule has 0 aromatic carbocycles. The fraction of sp³-hybridized carbons (Fsp3) is 0.909. The summed E-state index contributed by atoms with van der Waals surface area (Å²) in [6, 6.07) is -0.739. The van der Waals surface area contributed by atoms with Gasteiger partial charge in [-0.25, -0.2) is 0 Å². The van der Waals surface area contributed by atoms with E-state index in [-0.39, 0.29) is 0 Å². The van der Waals surface area contributed by atoms with E-state index in [2.05, 4.69) is 5.32 Å². The minimum atomic E-state index is -1.52. The Kier molecular flexibility index (Phi) is 6.11. The normalized spacial score (nSPS) is 36.8. The summed E-state index contributed by atoms with van der Waals surface area (Å²) >= 11 is 0. The lowest BCUT2D eigenvalue weighted by Crippen LogP contribution is -2.64. The first-order chi connectivity index (χ1) is 8.92. The summed E-state index contributed by atoms with van der Waals surface area (Å²) in [5.74, 6) is -0.522. The first-order valence-electron chi connectivity index (χ1n) is 6.28. The molecule has 1 rings (SSSR count). The molecule has 1 fully saturated rings. The lowest BCUT2D eigenvalue weighted by atomic mass is 9.98. The summed E-state index contributed by atoms with van der Waals surface area (Å²) in [7, 11) is 0. The topological polar surface area (TPSA) is 145 Å². The molecule has 1 heterocycles. The Morgan fingerprint density at radius 2 is 1.95 bits per heavy atom. The van der Waals surface area contributed by atoms with Gasteiger partial charge >= 0.3 is 0 Å². The summed E-state index contributed by atoms with van der Waals surface area (Å²) in [4.78, 5) is 11.7. The number of carbonyl (C=O) groups is 1. The minimum Gasteiger partial charge on any atom is -0.394 e. The molecule has 1 aliphatic heterocycles. The molecule has 6 unspecified atom stereocenters. The summed E-state index contributed by atoms with van der Waals surface area (Å²) in [6.07, 6.45) is -5.52. The standard InChI is InChI=1S/C11H22N2O6/c1-2-3-5(12)10(18)13-11-9(17)8(16)7(15)6(4-14)19-11/h5-9,11,14-17H,2-4,12H2,1H3,(H,13,18). The monoisotopic (exact) mass is 278 g/mol. The molecule has 0 bridgehead atoms. The van der Waals surface area contributed by atoms with Gasteiger partial charge in [0, 0.05) is 0 Å². The molecule has 1 amide bonds. The van der Waals surface area contributed by atoms with Gasteiger partial charge in [-0.2, -0.15) is 0 Å². The molecule has 7 N–H and O–H groups in total. The number of nitrogens with two attached hydrogens (primary N) is 1. The number of hydrogen-bond donors (Lipinski definition) is 6. The van der Waals surface area contributed by atoms with Crippen LogP contribution in [0.4, 0.5) is 0 Å². The molecule has 0 aromatic heterocycles. The predicted molar refractivity (Wildman–Crippen MR) is 64.8 cm³/mol. The lowest BCUT2D eigenvalue weighted by Gasteiger charge is -2.40. The molecule has 8 nitrogen and oxygen atoms in total. The van der Waals surface area contributed by atoms with Crippen LogP contribution in [0, 0.1) is 0 Å². The highest BCUT2D eigenvalue weighted by Gasteiger charge is 2.44. The Labute approximate surface area is 111 Å². The van der Waals surface area contributed by atoms with Crippen molar-refractivity contribution in [1.82, 2.24) is 5.32 Å². The zero-order chi connectivity index (χ0) is 14.6. The maximum Gasteiger partial charge on any atom is 0.238 e. The molecular weight excluding hydrogens is 256 g/mol. The zero-order valence-corrected chi connectivity index (χ0v) is 10.8. The van der Waals surface area contributed by atoms with E-state index in [1.807, 2.05) is 6.92 Å². The first-order valence-corrected chi connectivity index (χ1v) is 6.28. The number of hydrogen-bond acceptors (Lipinski definition) is 7. The van der Waals surface area contributed by atoms with Gasteiger partial charge in [0.1, 0.15) is 24.4 Å². The maximum absolute atomic E-state index is 11.7. The van der Waals surface area contributed by atoms with Gasteiger partial charge in [-0.1, -0.05) is 13.3 Å². The Bertz CT molecular complexity index is 301. The van der Waals surface area contributed by atoms with Gasteiger partial charge in [0.25, 0.3) is 0 Å². The smallest absolute Gasteiger partial charge is 0.238 e. The van der Waals surface area contributed by atoms with E-state index in [9.17, 15) is 20.1 Å². The van der Waals surface area contributed by atoms with E-state index in [0.29, 0.717) is 6.42 Å². The van der Waals surface area contributed by atoms with Crippen LogP contribution in [0.5, 0.6) is 0 Å². The first kappa shape index (κ1) is 16.3. The number of rotatable bonds is 5. The van der Waals surface area contributed by atoms with Gasteiger partial charge in [-0.15, -0.1) is 0 Å². The number of aliphatic hydroxyl groups excluding tert-OH is 4. The fourth-order valence-electron chi connectivity index (χ4n) is 1.91. The lowest BCUT2D eigenvalue weighted by molar-refractivity contribution is -0.236. The molecule has 112 valence electrons. The van der Waals surface area contributed by atoms with Gasteiger partial charge in [-0.3, -0.25) is 4.79 Å². The van der Waals surface area contributed by atoms with Crippen LogP contribution in [0.25, 0.3) is 0 Å². The van der Waals surface area contributed by atoms with Crippen molar-refractivity contribution in [2.75, 3.05) is 6.61 Å². The highest BCUT2D eigenvalue weighted by atomic mass is 16.6. The Morgan fingerprint density at radius 3 is 2.47 bits per heavy atom. The molecule has 8 heteroatoms. The van der Waals surface area contributed by atoms with Gasteiger partial charge < -0.3 is 36.2 Å². The molecular formula is C11H22N2O6. The summed E-state index contributed by atoms with van der Waals surface area (Å²) in [6.45, 7) is 1.33. The van der Waals surface area contributed by atoms with E-state index in [4.69, 9.17) is 15.6 Å². The van der Waals surface area contributed by atoms with Crippen molar-refractivity contribution in [3.8, 4) is 0 Å². The quantitative estimate of drug-likeness (QED) is 0.315. The van der Waals surface area contributed by atoms with Crippen molar-refractivity contribution < 1.29 is 30.0 Å². The second kappa shape index (κ2) is 7.13. The molecule has 0 aliphatic carbocycles. The van der Waals surface area contributed by atoms with Crippen molar-refractivity contribution in [2.45, 2.75) is 56.5 Å². The Hall–Kier alpha value is -0.770. The molecule has 0 spiro atoms. The summed E-state index contributed by atoms with van der Waals surface area (Å²) < 4.78 is 5.13. The minimum absolute atomic E-state index is 0.475. The van der Waals surface area contributed by atoms with E-state index in [0.717, 1.165) is 6.42 Å². The highest BCUT2D eigenvalue weighted by molar-refractivity contribution is 5.81. The van der Waals surface area contributed by atoms with Gasteiger partial charge in [0.2, 0.25) is 5.91 Å². The number of ether oxygens (including phenoxy) is 1. The van der Waals surface area contributed by atoms with Crippen LogP contribution in [-0.4, -0.2) is 69.6 Å². The predicted octanol–water partition coefficient (Wildman–Crippen LogP) is -2.97. The summed E-state index contributed by atoms with van der Waals surface area (Å²) in [5, 5.41) is 40.2. The van der Waals surface area contributed by atoms with Crippen LogP contribution in [0.2, 0.25) is 0 Å². The second-order valence-corrected chi connectivity index (χ2v) is 4.65. The van der Waals surface area contributed by atoms with E-state index in [1.54, 1.807) is 0 Å². The molecule has 1 aliphatic rings. The number of amides is 1. The fourth-order valence-corrected chi connectivity index (χ4v) is 1.91. The third-order valence-corrected chi connectivity index (χ3v) is 3.11. The molecule has 1 saturated heterocycles. The number of carbonyl (C=O) groups excluding carboxylic acids is 1. The average molecular weight is 278 g/mol. The third-order valence-electron chi connectivity index (χ3n) is 3.11. The van der Waals surface area contributed by atoms with Crippen molar-refractivity contribution in [3.63, 3.8) is 0 Å². The summed E-state index contributed by atoms with van der Waals surface area (Å²) in [5.41, 5.74) is 5.61. The van der Waals surface area contributed by atoms with Crippen LogP contribution in [-0.2, 0) is 9.53 Å². The molecule has 0 aromatic rings. The molecule has 0 saturated carbocycles. The maximum atomic E-state index is 11.7. The molecule has 19 heavy (non-hydrogen) atoms. The largest absolute Gasteiger partial charge is 0.394 e. The number of nitrogens with one attached hydrogen (secondary N) is 1. The van der Waals surface area contributed by atoms with E-state index >= 15 is 0 Å². The third kappa shape index (κ3) is 3.85. The average Bonchev–Trinajstić information content (AvgIpc) is 2.39. The van der Waals surface area contributed by atoms with Crippen molar-refractivity contribution in [2.24, 2.45) is 5.73 Å².